The maximum absolute atomic E-state index is 13.3. The van der Waals surface area contributed by atoms with Crippen molar-refractivity contribution in [3.8, 4) is 0 Å². The molecule has 7 heteroatoms. The maximum atomic E-state index is 13.3. The fourth-order valence-corrected chi connectivity index (χ4v) is 4.20. The Kier molecular flexibility index (Phi) is 10.9. The second-order valence-electron chi connectivity index (χ2n) is 8.65. The van der Waals surface area contributed by atoms with Gasteiger partial charge in [-0.3, -0.25) is 9.59 Å². The van der Waals surface area contributed by atoms with Crippen LogP contribution >= 0.6 is 11.8 Å². The van der Waals surface area contributed by atoms with Crippen LogP contribution < -0.4 is 10.6 Å². The molecule has 0 radical (unpaired) electrons. The number of carbonyl (C=O) groups excluding carboxylic acids is 3. The van der Waals surface area contributed by atoms with Crippen LogP contribution in [-0.4, -0.2) is 30.1 Å². The molecule has 0 heterocycles. The molecule has 0 unspecified atom stereocenters. The molecule has 0 atom stereocenters. The molecule has 0 spiro atoms. The Hall–Kier alpha value is -4.10. The van der Waals surface area contributed by atoms with Gasteiger partial charge < -0.3 is 15.4 Å². The van der Waals surface area contributed by atoms with Gasteiger partial charge in [-0.15, -0.1) is 11.8 Å². The summed E-state index contributed by atoms with van der Waals surface area (Å²) in [6.07, 6.45) is 4.81. The third-order valence-electron chi connectivity index (χ3n) is 5.42. The van der Waals surface area contributed by atoms with Crippen LogP contribution in [0.5, 0.6) is 0 Å². The number of rotatable bonds is 11. The van der Waals surface area contributed by atoms with Crippen LogP contribution in [0.3, 0.4) is 0 Å². The van der Waals surface area contributed by atoms with Gasteiger partial charge in [0.15, 0.2) is 0 Å². The second kappa shape index (κ2) is 14.6. The lowest BCUT2D eigenvalue weighted by atomic mass is 10.0. The minimum Gasteiger partial charge on any atom is -0.463 e. The van der Waals surface area contributed by atoms with E-state index in [2.05, 4.69) is 24.5 Å². The van der Waals surface area contributed by atoms with E-state index in [0.29, 0.717) is 29.5 Å². The van der Waals surface area contributed by atoms with Crippen molar-refractivity contribution >= 4 is 41.3 Å². The minimum atomic E-state index is -0.438. The fourth-order valence-electron chi connectivity index (χ4n) is 3.43. The molecule has 0 aliphatic carbocycles. The number of anilines is 1. The topological polar surface area (TPSA) is 84.5 Å². The first-order valence-corrected chi connectivity index (χ1v) is 13.4. The van der Waals surface area contributed by atoms with Crippen LogP contribution in [0.2, 0.25) is 0 Å². The van der Waals surface area contributed by atoms with E-state index in [1.54, 1.807) is 49.4 Å². The van der Waals surface area contributed by atoms with Crippen molar-refractivity contribution in [2.24, 2.45) is 0 Å². The highest BCUT2D eigenvalue weighted by atomic mass is 32.2. The van der Waals surface area contributed by atoms with Gasteiger partial charge in [-0.2, -0.15) is 0 Å². The van der Waals surface area contributed by atoms with Crippen LogP contribution in [-0.2, 0) is 14.3 Å². The molecule has 38 heavy (non-hydrogen) atoms. The third kappa shape index (κ3) is 9.09. The molecule has 2 N–H and O–H groups in total. The van der Waals surface area contributed by atoms with Crippen LogP contribution in [0.1, 0.15) is 48.2 Å². The third-order valence-corrected chi connectivity index (χ3v) is 6.37. The molecule has 2 amide bonds. The van der Waals surface area contributed by atoms with Gasteiger partial charge in [-0.25, -0.2) is 4.79 Å². The van der Waals surface area contributed by atoms with Gasteiger partial charge in [0, 0.05) is 28.0 Å². The standard InChI is InChI=1S/C31H32N2O4S/c1-4-37-29(34)14-9-19-38-27-13-8-12-26(21-27)32-31(36)28(33-30(35)25-10-6-5-7-11-25)20-23-15-17-24(18-16-23)22(2)3/h5-18,20-22H,4,19H2,1-3H3,(H,32,36)(H,33,35)/b14-9+,28-20+. The molecule has 3 aromatic rings. The number of thioether (sulfide) groups is 1. The first-order valence-electron chi connectivity index (χ1n) is 12.4. The summed E-state index contributed by atoms with van der Waals surface area (Å²) in [4.78, 5) is 38.5. The molecule has 0 saturated carbocycles. The lowest BCUT2D eigenvalue weighted by Gasteiger charge is -2.12. The average Bonchev–Trinajstić information content (AvgIpc) is 2.92. The molecular weight excluding hydrogens is 496 g/mol. The van der Waals surface area contributed by atoms with Crippen molar-refractivity contribution in [2.75, 3.05) is 17.7 Å². The van der Waals surface area contributed by atoms with Gasteiger partial charge >= 0.3 is 5.97 Å². The number of esters is 1. The van der Waals surface area contributed by atoms with E-state index in [9.17, 15) is 14.4 Å². The average molecular weight is 529 g/mol. The quantitative estimate of drug-likeness (QED) is 0.170. The predicted molar refractivity (Wildman–Crippen MR) is 154 cm³/mol. The van der Waals surface area contributed by atoms with E-state index in [4.69, 9.17) is 4.74 Å². The summed E-state index contributed by atoms with van der Waals surface area (Å²) in [5, 5.41) is 5.66. The number of amides is 2. The Balaban J connectivity index is 1.76. The first-order chi connectivity index (χ1) is 18.4. The fraction of sp³-hybridized carbons (Fsp3) is 0.194. The normalized spacial score (nSPS) is 11.4. The highest BCUT2D eigenvalue weighted by molar-refractivity contribution is 7.99. The summed E-state index contributed by atoms with van der Waals surface area (Å²) < 4.78 is 4.88. The molecule has 196 valence electrons. The van der Waals surface area contributed by atoms with E-state index in [1.807, 2.05) is 48.5 Å². The summed E-state index contributed by atoms with van der Waals surface area (Å²) in [5.74, 6) is -0.222. The summed E-state index contributed by atoms with van der Waals surface area (Å²) in [6, 6.07) is 24.0. The van der Waals surface area contributed by atoms with E-state index >= 15 is 0 Å². The second-order valence-corrected chi connectivity index (χ2v) is 9.74. The Bertz CT molecular complexity index is 1300. The molecule has 0 bridgehead atoms. The van der Waals surface area contributed by atoms with Crippen LogP contribution in [0.15, 0.2) is 102 Å². The lowest BCUT2D eigenvalue weighted by molar-refractivity contribution is -0.137. The smallest absolute Gasteiger partial charge is 0.330 e. The van der Waals surface area contributed by atoms with Gasteiger partial charge in [0.25, 0.3) is 11.8 Å². The Morgan fingerprint density at radius 2 is 1.68 bits per heavy atom. The zero-order valence-corrected chi connectivity index (χ0v) is 22.6. The number of carbonyl (C=O) groups is 3. The molecule has 3 rings (SSSR count). The molecule has 0 aliphatic rings. The molecule has 3 aromatic carbocycles. The minimum absolute atomic E-state index is 0.131. The highest BCUT2D eigenvalue weighted by Gasteiger charge is 2.15. The SMILES string of the molecule is CCOC(=O)/C=C/CSc1cccc(NC(=O)/C(=C\c2ccc(C(C)C)cc2)NC(=O)c2ccccc2)c1. The Morgan fingerprint density at radius 1 is 0.947 bits per heavy atom. The van der Waals surface area contributed by atoms with Crippen molar-refractivity contribution in [3.63, 3.8) is 0 Å². The zero-order valence-electron chi connectivity index (χ0n) is 21.8. The highest BCUT2D eigenvalue weighted by Crippen LogP contribution is 2.22. The number of hydrogen-bond donors (Lipinski definition) is 2. The molecular formula is C31H32N2O4S. The number of ether oxygens (including phenoxy) is 1. The zero-order chi connectivity index (χ0) is 27.3. The van der Waals surface area contributed by atoms with Gasteiger partial charge in [0.05, 0.1) is 6.61 Å². The number of hydrogen-bond acceptors (Lipinski definition) is 5. The van der Waals surface area contributed by atoms with Crippen molar-refractivity contribution in [2.45, 2.75) is 31.6 Å². The largest absolute Gasteiger partial charge is 0.463 e. The predicted octanol–water partition coefficient (Wildman–Crippen LogP) is 6.43. The molecule has 0 fully saturated rings. The summed E-state index contributed by atoms with van der Waals surface area (Å²) in [7, 11) is 0. The summed E-state index contributed by atoms with van der Waals surface area (Å²) >= 11 is 1.51. The molecule has 0 aliphatic heterocycles. The van der Waals surface area contributed by atoms with Crippen LogP contribution in [0.4, 0.5) is 5.69 Å². The first kappa shape index (κ1) is 28.5. The molecule has 6 nitrogen and oxygen atoms in total. The summed E-state index contributed by atoms with van der Waals surface area (Å²) in [6.45, 7) is 6.33. The van der Waals surface area contributed by atoms with Gasteiger partial charge in [-0.1, -0.05) is 68.5 Å². The number of nitrogens with one attached hydrogen (secondary N) is 2. The van der Waals surface area contributed by atoms with Crippen LogP contribution in [0.25, 0.3) is 6.08 Å². The van der Waals surface area contributed by atoms with Crippen molar-refractivity contribution in [1.29, 1.82) is 0 Å². The molecule has 0 saturated heterocycles. The van der Waals surface area contributed by atoms with E-state index < -0.39 is 5.91 Å². The van der Waals surface area contributed by atoms with Gasteiger partial charge in [-0.05, 0) is 60.4 Å². The van der Waals surface area contributed by atoms with Crippen molar-refractivity contribution < 1.29 is 19.1 Å². The van der Waals surface area contributed by atoms with E-state index in [0.717, 1.165) is 10.5 Å². The van der Waals surface area contributed by atoms with E-state index in [-0.39, 0.29) is 17.6 Å². The molecule has 0 aromatic heterocycles. The van der Waals surface area contributed by atoms with Crippen LogP contribution in [0, 0.1) is 0 Å². The van der Waals surface area contributed by atoms with Crippen molar-refractivity contribution in [3.05, 3.63) is 113 Å². The Labute approximate surface area is 228 Å². The lowest BCUT2D eigenvalue weighted by Crippen LogP contribution is -2.30. The Morgan fingerprint density at radius 3 is 2.37 bits per heavy atom. The monoisotopic (exact) mass is 528 g/mol. The van der Waals surface area contributed by atoms with E-state index in [1.165, 1.54) is 23.4 Å². The maximum Gasteiger partial charge on any atom is 0.330 e. The number of benzene rings is 3. The van der Waals surface area contributed by atoms with Gasteiger partial charge in [0.2, 0.25) is 0 Å². The summed E-state index contributed by atoms with van der Waals surface area (Å²) in [5.41, 5.74) is 3.16. The van der Waals surface area contributed by atoms with Crippen molar-refractivity contribution in [1.82, 2.24) is 5.32 Å². The van der Waals surface area contributed by atoms with Gasteiger partial charge in [0.1, 0.15) is 5.70 Å².